The maximum atomic E-state index is 15.3. The van der Waals surface area contributed by atoms with E-state index in [0.29, 0.717) is 44.5 Å². The summed E-state index contributed by atoms with van der Waals surface area (Å²) in [6.07, 6.45) is 8.60. The monoisotopic (exact) mass is 587 g/mol. The Morgan fingerprint density at radius 2 is 1.76 bits per heavy atom. The van der Waals surface area contributed by atoms with Crippen LogP contribution < -0.4 is 5.32 Å². The summed E-state index contributed by atoms with van der Waals surface area (Å²) in [5.41, 5.74) is 2.92. The van der Waals surface area contributed by atoms with E-state index in [1.54, 1.807) is 17.3 Å². The third-order valence-corrected chi connectivity index (χ3v) is 7.40. The molecule has 41 heavy (non-hydrogen) atoms. The lowest BCUT2D eigenvalue weighted by atomic mass is 9.96. The van der Waals surface area contributed by atoms with E-state index in [2.05, 4.69) is 5.32 Å². The molecule has 2 aliphatic rings. The van der Waals surface area contributed by atoms with Crippen molar-refractivity contribution < 1.29 is 28.2 Å². The standard InChI is InChI=1S/C31H42FN3O5S/c1-20(13-16-34(8)28(37)39-30(2,3)4)21-9-11-23(12-10-21)33-27(36)26-25(32)24(19-41-26)22-14-17-35(18-15-22)29(38)40-31(5,6)7/h9,11,13-14,19H,10,12,15-18H2,1-8H3,(H,33,36)/b20-13+. The number of thiophene rings is 1. The van der Waals surface area contributed by atoms with Crippen molar-refractivity contribution in [3.8, 4) is 0 Å². The van der Waals surface area contributed by atoms with Gasteiger partial charge < -0.3 is 24.6 Å². The smallest absolute Gasteiger partial charge is 0.410 e. The second-order valence-electron chi connectivity index (χ2n) is 12.3. The van der Waals surface area contributed by atoms with Crippen LogP contribution in [-0.4, -0.2) is 65.8 Å². The molecule has 3 amide bonds. The average molecular weight is 588 g/mol. The van der Waals surface area contributed by atoms with E-state index in [9.17, 15) is 14.4 Å². The normalized spacial score (nSPS) is 16.4. The molecule has 8 nitrogen and oxygen atoms in total. The lowest BCUT2D eigenvalue weighted by Gasteiger charge is -2.29. The van der Waals surface area contributed by atoms with Gasteiger partial charge in [0.2, 0.25) is 0 Å². The maximum absolute atomic E-state index is 15.3. The molecule has 1 N–H and O–H groups in total. The lowest BCUT2D eigenvalue weighted by molar-refractivity contribution is 0.0268. The minimum absolute atomic E-state index is 0.0346. The molecular weight excluding hydrogens is 545 g/mol. The van der Waals surface area contributed by atoms with Gasteiger partial charge in [0.1, 0.15) is 16.1 Å². The van der Waals surface area contributed by atoms with Gasteiger partial charge in [0, 0.05) is 43.3 Å². The predicted molar refractivity (Wildman–Crippen MR) is 160 cm³/mol. The summed E-state index contributed by atoms with van der Waals surface area (Å²) in [6, 6.07) is 0. The second kappa shape index (κ2) is 13.1. The van der Waals surface area contributed by atoms with E-state index in [1.807, 2.05) is 72.8 Å². The minimum atomic E-state index is -0.580. The number of carbonyl (C=O) groups excluding carboxylic acids is 3. The number of ether oxygens (including phenoxy) is 2. The quantitative estimate of drug-likeness (QED) is 0.385. The number of allylic oxidation sites excluding steroid dienone is 5. The van der Waals surface area contributed by atoms with Crippen LogP contribution in [0.15, 0.2) is 46.5 Å². The summed E-state index contributed by atoms with van der Waals surface area (Å²) in [4.78, 5) is 40.5. The summed E-state index contributed by atoms with van der Waals surface area (Å²) in [6.45, 7) is 14.1. The van der Waals surface area contributed by atoms with E-state index in [4.69, 9.17) is 9.47 Å². The first-order chi connectivity index (χ1) is 19.0. The number of carbonyl (C=O) groups is 3. The molecule has 1 aromatic heterocycles. The maximum Gasteiger partial charge on any atom is 0.410 e. The highest BCUT2D eigenvalue weighted by Crippen LogP contribution is 2.32. The van der Waals surface area contributed by atoms with Crippen molar-refractivity contribution in [1.29, 1.82) is 0 Å². The van der Waals surface area contributed by atoms with Crippen LogP contribution in [0.4, 0.5) is 14.0 Å². The Labute approximate surface area is 246 Å². The molecule has 0 saturated heterocycles. The fraction of sp³-hybridized carbons (Fsp3) is 0.516. The van der Waals surface area contributed by atoms with E-state index in [-0.39, 0.29) is 11.0 Å². The van der Waals surface area contributed by atoms with Gasteiger partial charge in [-0.1, -0.05) is 23.8 Å². The van der Waals surface area contributed by atoms with Crippen LogP contribution in [0.3, 0.4) is 0 Å². The van der Waals surface area contributed by atoms with Gasteiger partial charge >= 0.3 is 12.2 Å². The van der Waals surface area contributed by atoms with Gasteiger partial charge in [0.05, 0.1) is 0 Å². The van der Waals surface area contributed by atoms with Gasteiger partial charge in [0.15, 0.2) is 5.82 Å². The number of nitrogens with one attached hydrogen (secondary N) is 1. The molecule has 224 valence electrons. The molecule has 0 fully saturated rings. The summed E-state index contributed by atoms with van der Waals surface area (Å²) < 4.78 is 26.1. The molecule has 3 rings (SSSR count). The van der Waals surface area contributed by atoms with Crippen LogP contribution in [0.2, 0.25) is 0 Å². The number of rotatable bonds is 6. The van der Waals surface area contributed by atoms with Crippen LogP contribution in [-0.2, 0) is 9.47 Å². The Hall–Kier alpha value is -3.40. The number of hydrogen-bond donors (Lipinski definition) is 1. The first-order valence-electron chi connectivity index (χ1n) is 13.8. The zero-order valence-corrected chi connectivity index (χ0v) is 26.2. The molecule has 0 radical (unpaired) electrons. The van der Waals surface area contributed by atoms with Crippen LogP contribution >= 0.6 is 11.3 Å². The van der Waals surface area contributed by atoms with Crippen molar-refractivity contribution in [2.24, 2.45) is 0 Å². The van der Waals surface area contributed by atoms with Gasteiger partial charge in [0.25, 0.3) is 5.91 Å². The Kier molecular flexibility index (Phi) is 10.2. The van der Waals surface area contributed by atoms with Gasteiger partial charge in [-0.3, -0.25) is 4.79 Å². The van der Waals surface area contributed by atoms with Gasteiger partial charge in [-0.2, -0.15) is 0 Å². The minimum Gasteiger partial charge on any atom is -0.444 e. The third-order valence-electron chi connectivity index (χ3n) is 6.45. The molecule has 0 atom stereocenters. The van der Waals surface area contributed by atoms with Crippen molar-refractivity contribution >= 4 is 35.0 Å². The second-order valence-corrected chi connectivity index (χ2v) is 13.2. The zero-order chi connectivity index (χ0) is 30.5. The molecule has 2 heterocycles. The summed E-state index contributed by atoms with van der Waals surface area (Å²) in [5, 5.41) is 4.51. The predicted octanol–water partition coefficient (Wildman–Crippen LogP) is 7.06. The van der Waals surface area contributed by atoms with Crippen molar-refractivity contribution in [1.82, 2.24) is 15.1 Å². The Balaban J connectivity index is 1.58. The van der Waals surface area contributed by atoms with Crippen LogP contribution in [0.25, 0.3) is 5.57 Å². The van der Waals surface area contributed by atoms with Crippen molar-refractivity contribution in [3.63, 3.8) is 0 Å². The van der Waals surface area contributed by atoms with Crippen LogP contribution in [0.5, 0.6) is 0 Å². The number of hydrogen-bond acceptors (Lipinski definition) is 6. The highest BCUT2D eigenvalue weighted by atomic mass is 32.1. The van der Waals surface area contributed by atoms with Crippen LogP contribution in [0, 0.1) is 5.82 Å². The molecule has 1 aliphatic heterocycles. The molecule has 1 aliphatic carbocycles. The lowest BCUT2D eigenvalue weighted by Crippen LogP contribution is -2.39. The fourth-order valence-electron chi connectivity index (χ4n) is 4.21. The highest BCUT2D eigenvalue weighted by molar-refractivity contribution is 7.12. The van der Waals surface area contributed by atoms with E-state index < -0.39 is 29.0 Å². The molecule has 0 unspecified atom stereocenters. The summed E-state index contributed by atoms with van der Waals surface area (Å²) in [5.74, 6) is -1.01. The van der Waals surface area contributed by atoms with E-state index in [1.165, 1.54) is 4.90 Å². The molecule has 0 spiro atoms. The van der Waals surface area contributed by atoms with Crippen molar-refractivity contribution in [2.75, 3.05) is 26.7 Å². The van der Waals surface area contributed by atoms with Gasteiger partial charge in [-0.05, 0) is 85.0 Å². The number of halogens is 1. The SMILES string of the molecule is C/C(=C\CN(C)C(=O)OC(C)(C)C)C1=CC=C(NC(=O)c2scc(C3=CCN(C(=O)OC(C)(C)C)CC3)c2F)CC1. The van der Waals surface area contributed by atoms with Gasteiger partial charge in [-0.25, -0.2) is 14.0 Å². The Morgan fingerprint density at radius 3 is 2.32 bits per heavy atom. The summed E-state index contributed by atoms with van der Waals surface area (Å²) >= 11 is 1.07. The topological polar surface area (TPSA) is 88.2 Å². The number of nitrogens with zero attached hydrogens (tertiary/aromatic N) is 2. The van der Waals surface area contributed by atoms with Gasteiger partial charge in [-0.15, -0.1) is 11.3 Å². The molecular formula is C31H42FN3O5S. The molecule has 0 aromatic carbocycles. The van der Waals surface area contributed by atoms with E-state index >= 15 is 4.39 Å². The molecule has 10 heteroatoms. The molecule has 0 bridgehead atoms. The largest absolute Gasteiger partial charge is 0.444 e. The molecule has 1 aromatic rings. The summed E-state index contributed by atoms with van der Waals surface area (Å²) in [7, 11) is 1.69. The fourth-order valence-corrected chi connectivity index (χ4v) is 5.07. The van der Waals surface area contributed by atoms with E-state index in [0.717, 1.165) is 33.8 Å². The first kappa shape index (κ1) is 32.1. The highest BCUT2D eigenvalue weighted by Gasteiger charge is 2.27. The number of amides is 3. The average Bonchev–Trinajstić information content (AvgIpc) is 3.26. The Morgan fingerprint density at radius 1 is 1.07 bits per heavy atom. The van der Waals surface area contributed by atoms with Crippen molar-refractivity contribution in [2.45, 2.75) is 78.9 Å². The zero-order valence-electron chi connectivity index (χ0n) is 25.4. The molecule has 0 saturated carbocycles. The van der Waals surface area contributed by atoms with Crippen LogP contribution in [0.1, 0.15) is 83.0 Å². The Bertz CT molecular complexity index is 1290. The third kappa shape index (κ3) is 9.31. The first-order valence-corrected chi connectivity index (χ1v) is 14.7. The number of likely N-dealkylation sites (N-methyl/N-ethyl adjacent to an activating group) is 1. The van der Waals surface area contributed by atoms with Crippen molar-refractivity contribution in [3.05, 3.63) is 62.8 Å².